The van der Waals surface area contributed by atoms with Crippen molar-refractivity contribution in [1.82, 2.24) is 10.3 Å². The number of ether oxygens (including phenoxy) is 1. The summed E-state index contributed by atoms with van der Waals surface area (Å²) < 4.78 is 76.0. The maximum atomic E-state index is 12.8. The van der Waals surface area contributed by atoms with Gasteiger partial charge in [0, 0.05) is 6.54 Å². The molecule has 2 heterocycles. The summed E-state index contributed by atoms with van der Waals surface area (Å²) in [7, 11) is 0. The SMILES string of the molecule is N#Cc1c(C2CCCNC2)cc(-c2c(O)cccc2OCc2ccc(C(F)(F)F)cc2)nc1N.O=C(O)C(F)(F)F. The first kappa shape index (κ1) is 31.0. The zero-order chi connectivity index (χ0) is 30.4. The number of carboxylic acids is 1. The molecule has 1 aliphatic heterocycles. The lowest BCUT2D eigenvalue weighted by atomic mass is 9.88. The van der Waals surface area contributed by atoms with Crippen molar-refractivity contribution in [2.45, 2.75) is 37.7 Å². The number of phenols is 1. The summed E-state index contributed by atoms with van der Waals surface area (Å²) in [5.74, 6) is -2.40. The zero-order valence-electron chi connectivity index (χ0n) is 21.2. The van der Waals surface area contributed by atoms with Crippen molar-refractivity contribution in [3.63, 3.8) is 0 Å². The molecule has 0 amide bonds. The van der Waals surface area contributed by atoms with Gasteiger partial charge in [0.25, 0.3) is 0 Å². The molecule has 1 atom stereocenters. The number of nitrogen functional groups attached to an aromatic ring is 1. The molecule has 8 nitrogen and oxygen atoms in total. The summed E-state index contributed by atoms with van der Waals surface area (Å²) in [6.45, 7) is 1.60. The Morgan fingerprint density at radius 3 is 2.34 bits per heavy atom. The van der Waals surface area contributed by atoms with Crippen molar-refractivity contribution in [3.05, 3.63) is 70.8 Å². The standard InChI is InChI=1S/C25H23F3N4O2.C2HF3O2/c26-25(27,28)17-8-6-15(7-9-17)14-34-22-5-1-4-21(33)23(22)20-11-18(16-3-2-10-31-13-16)19(12-29)24(30)32-20;3-2(4,5)1(6)7/h1,4-9,11,16,31,33H,2-3,10,13-14H2,(H2,30,32);(H,6,7). The first-order chi connectivity index (χ1) is 19.2. The first-order valence-corrected chi connectivity index (χ1v) is 12.0. The number of halogens is 6. The number of nitrogens with one attached hydrogen (secondary N) is 1. The minimum absolute atomic E-state index is 0.0141. The third-order valence-corrected chi connectivity index (χ3v) is 6.10. The molecular formula is C27H24F6N4O4. The van der Waals surface area contributed by atoms with Gasteiger partial charge in [-0.3, -0.25) is 0 Å². The Morgan fingerprint density at radius 1 is 1.15 bits per heavy atom. The predicted molar refractivity (Wildman–Crippen MR) is 135 cm³/mol. The van der Waals surface area contributed by atoms with Crippen molar-refractivity contribution in [2.75, 3.05) is 18.8 Å². The average molecular weight is 583 g/mol. The van der Waals surface area contributed by atoms with Gasteiger partial charge >= 0.3 is 18.3 Å². The Bertz CT molecular complexity index is 1410. The van der Waals surface area contributed by atoms with Gasteiger partial charge in [0.2, 0.25) is 0 Å². The highest BCUT2D eigenvalue weighted by atomic mass is 19.4. The van der Waals surface area contributed by atoms with Crippen LogP contribution in [-0.4, -0.2) is 40.4 Å². The van der Waals surface area contributed by atoms with Crippen molar-refractivity contribution in [2.24, 2.45) is 0 Å². The summed E-state index contributed by atoms with van der Waals surface area (Å²) in [6, 6.07) is 13.3. The van der Waals surface area contributed by atoms with Crippen LogP contribution in [0.25, 0.3) is 11.3 Å². The number of benzene rings is 2. The molecule has 0 radical (unpaired) electrons. The van der Waals surface area contributed by atoms with E-state index in [0.717, 1.165) is 37.1 Å². The molecule has 0 aliphatic carbocycles. The Hall–Kier alpha value is -4.51. The van der Waals surface area contributed by atoms with E-state index in [9.17, 15) is 36.7 Å². The molecule has 0 spiro atoms. The predicted octanol–water partition coefficient (Wildman–Crippen LogP) is 5.61. The molecule has 0 saturated carbocycles. The number of aromatic hydroxyl groups is 1. The third kappa shape index (κ3) is 8.01. The monoisotopic (exact) mass is 582 g/mol. The number of aliphatic carboxylic acids is 1. The fraction of sp³-hybridized carbons (Fsp3) is 0.296. The fourth-order valence-electron chi connectivity index (χ4n) is 4.12. The minimum Gasteiger partial charge on any atom is -0.507 e. The summed E-state index contributed by atoms with van der Waals surface area (Å²) in [5, 5.41) is 30.7. The van der Waals surface area contributed by atoms with Gasteiger partial charge < -0.3 is 26.0 Å². The van der Waals surface area contributed by atoms with E-state index in [1.807, 2.05) is 0 Å². The molecule has 14 heteroatoms. The number of aromatic nitrogens is 1. The minimum atomic E-state index is -5.08. The molecule has 3 aromatic rings. The summed E-state index contributed by atoms with van der Waals surface area (Å²) in [4.78, 5) is 13.3. The lowest BCUT2D eigenvalue weighted by Gasteiger charge is -2.25. The Morgan fingerprint density at radius 2 is 1.80 bits per heavy atom. The summed E-state index contributed by atoms with van der Waals surface area (Å²) >= 11 is 0. The average Bonchev–Trinajstić information content (AvgIpc) is 2.91. The van der Waals surface area contributed by atoms with Gasteiger partial charge in [0.15, 0.2) is 0 Å². The number of pyridine rings is 1. The maximum absolute atomic E-state index is 12.8. The van der Waals surface area contributed by atoms with Crippen LogP contribution in [0, 0.1) is 11.3 Å². The number of rotatable bonds is 5. The number of alkyl halides is 6. The van der Waals surface area contributed by atoms with Crippen molar-refractivity contribution < 1.29 is 46.1 Å². The second-order valence-corrected chi connectivity index (χ2v) is 8.95. The number of phenolic OH excluding ortho intramolecular Hbond substituents is 1. The van der Waals surface area contributed by atoms with E-state index in [0.29, 0.717) is 34.7 Å². The van der Waals surface area contributed by atoms with E-state index in [-0.39, 0.29) is 24.1 Å². The molecule has 0 bridgehead atoms. The van der Waals surface area contributed by atoms with E-state index in [1.54, 1.807) is 18.2 Å². The first-order valence-electron chi connectivity index (χ1n) is 12.0. The number of anilines is 1. The van der Waals surface area contributed by atoms with Gasteiger partial charge in [-0.25, -0.2) is 9.78 Å². The van der Waals surface area contributed by atoms with Gasteiger partial charge in [-0.1, -0.05) is 18.2 Å². The smallest absolute Gasteiger partial charge is 0.490 e. The van der Waals surface area contributed by atoms with Crippen LogP contribution < -0.4 is 15.8 Å². The second-order valence-electron chi connectivity index (χ2n) is 8.95. The van der Waals surface area contributed by atoms with E-state index in [2.05, 4.69) is 16.4 Å². The highest BCUT2D eigenvalue weighted by Gasteiger charge is 2.38. The van der Waals surface area contributed by atoms with Gasteiger partial charge in [-0.05, 0) is 66.8 Å². The lowest BCUT2D eigenvalue weighted by Crippen LogP contribution is -2.29. The quantitative estimate of drug-likeness (QED) is 0.285. The van der Waals surface area contributed by atoms with Gasteiger partial charge in [0.05, 0.1) is 22.4 Å². The van der Waals surface area contributed by atoms with Crippen LogP contribution in [0.2, 0.25) is 0 Å². The van der Waals surface area contributed by atoms with E-state index < -0.39 is 23.9 Å². The second kappa shape index (κ2) is 12.8. The molecule has 1 fully saturated rings. The molecule has 41 heavy (non-hydrogen) atoms. The molecule has 5 N–H and O–H groups in total. The normalized spacial score (nSPS) is 15.3. The van der Waals surface area contributed by atoms with E-state index in [1.165, 1.54) is 18.2 Å². The highest BCUT2D eigenvalue weighted by Crippen LogP contribution is 2.40. The van der Waals surface area contributed by atoms with E-state index >= 15 is 0 Å². The van der Waals surface area contributed by atoms with Crippen LogP contribution >= 0.6 is 0 Å². The molecular weight excluding hydrogens is 558 g/mol. The van der Waals surface area contributed by atoms with Gasteiger partial charge in [-0.15, -0.1) is 0 Å². The number of hydrogen-bond acceptors (Lipinski definition) is 7. The zero-order valence-corrected chi connectivity index (χ0v) is 21.2. The molecule has 1 saturated heterocycles. The van der Waals surface area contributed by atoms with Crippen LogP contribution in [0.1, 0.15) is 41.0 Å². The summed E-state index contributed by atoms with van der Waals surface area (Å²) in [5.41, 5.74) is 7.65. The van der Waals surface area contributed by atoms with Crippen LogP contribution in [0.3, 0.4) is 0 Å². The molecule has 1 unspecified atom stereocenters. The van der Waals surface area contributed by atoms with Crippen molar-refractivity contribution in [3.8, 4) is 28.8 Å². The number of nitrogens with zero attached hydrogens (tertiary/aromatic N) is 2. The maximum Gasteiger partial charge on any atom is 0.490 e. The largest absolute Gasteiger partial charge is 0.507 e. The molecule has 218 valence electrons. The number of piperidine rings is 1. The number of nitriles is 1. The van der Waals surface area contributed by atoms with Gasteiger partial charge in [0.1, 0.15) is 30.0 Å². The molecule has 1 aliphatic rings. The van der Waals surface area contributed by atoms with E-state index in [4.69, 9.17) is 20.4 Å². The Kier molecular flexibility index (Phi) is 9.67. The van der Waals surface area contributed by atoms with Crippen LogP contribution in [0.4, 0.5) is 32.2 Å². The number of carbonyl (C=O) groups is 1. The van der Waals surface area contributed by atoms with Crippen LogP contribution in [-0.2, 0) is 17.6 Å². The number of nitrogens with two attached hydrogens (primary N) is 1. The topological polar surface area (TPSA) is 141 Å². The Balaban J connectivity index is 0.000000587. The molecule has 2 aromatic carbocycles. The number of hydrogen-bond donors (Lipinski definition) is 4. The highest BCUT2D eigenvalue weighted by molar-refractivity contribution is 5.76. The number of carboxylic acid groups (broad SMARTS) is 1. The molecule has 1 aromatic heterocycles. The van der Waals surface area contributed by atoms with Crippen molar-refractivity contribution >= 4 is 11.8 Å². The fourth-order valence-corrected chi connectivity index (χ4v) is 4.12. The lowest BCUT2D eigenvalue weighted by molar-refractivity contribution is -0.192. The van der Waals surface area contributed by atoms with Gasteiger partial charge in [-0.2, -0.15) is 31.6 Å². The van der Waals surface area contributed by atoms with Crippen LogP contribution in [0.15, 0.2) is 48.5 Å². The Labute approximate surface area is 230 Å². The summed E-state index contributed by atoms with van der Waals surface area (Å²) in [6.07, 6.45) is -7.64. The third-order valence-electron chi connectivity index (χ3n) is 6.10. The van der Waals surface area contributed by atoms with Crippen LogP contribution in [0.5, 0.6) is 11.5 Å². The van der Waals surface area contributed by atoms with Crippen molar-refractivity contribution in [1.29, 1.82) is 5.26 Å². The molecule has 4 rings (SSSR count).